The van der Waals surface area contributed by atoms with Crippen molar-refractivity contribution in [3.05, 3.63) is 53.7 Å². The van der Waals surface area contributed by atoms with Crippen molar-refractivity contribution in [1.82, 2.24) is 9.88 Å². The Bertz CT molecular complexity index is 1220. The number of carbonyl (C=O) groups is 3. The van der Waals surface area contributed by atoms with E-state index >= 15 is 0 Å². The number of hydrogen-bond donors (Lipinski definition) is 3. The zero-order chi connectivity index (χ0) is 20.8. The van der Waals surface area contributed by atoms with Crippen molar-refractivity contribution >= 4 is 40.2 Å². The molecule has 0 fully saturated rings. The van der Waals surface area contributed by atoms with Gasteiger partial charge in [-0.25, -0.2) is 4.79 Å². The van der Waals surface area contributed by atoms with Crippen LogP contribution in [-0.4, -0.2) is 47.3 Å². The highest BCUT2D eigenvalue weighted by molar-refractivity contribution is 6.07. The van der Waals surface area contributed by atoms with Crippen LogP contribution in [0.4, 0.5) is 16.2 Å². The number of rotatable bonds is 2. The first-order chi connectivity index (χ1) is 14.5. The van der Waals surface area contributed by atoms with Crippen LogP contribution < -0.4 is 20.3 Å². The Morgan fingerprint density at radius 1 is 1.10 bits per heavy atom. The second kappa shape index (κ2) is 6.80. The molecule has 2 aromatic carbocycles. The van der Waals surface area contributed by atoms with Crippen LogP contribution in [0.5, 0.6) is 5.75 Å². The zero-order valence-electron chi connectivity index (χ0n) is 15.8. The van der Waals surface area contributed by atoms with Gasteiger partial charge in [-0.15, -0.1) is 0 Å². The summed E-state index contributed by atoms with van der Waals surface area (Å²) in [5, 5.41) is 15.9. The van der Waals surface area contributed by atoms with Crippen LogP contribution in [0.1, 0.15) is 20.8 Å². The van der Waals surface area contributed by atoms with Gasteiger partial charge in [-0.3, -0.25) is 14.5 Å². The molecule has 0 saturated heterocycles. The quantitative estimate of drug-likeness (QED) is 0.605. The lowest BCUT2D eigenvalue weighted by Crippen LogP contribution is -2.36. The van der Waals surface area contributed by atoms with E-state index in [0.29, 0.717) is 41.5 Å². The van der Waals surface area contributed by atoms with E-state index in [0.717, 1.165) is 10.9 Å². The molecular weight excluding hydrogens is 388 g/mol. The monoisotopic (exact) mass is 406 g/mol. The van der Waals surface area contributed by atoms with Gasteiger partial charge < -0.3 is 25.0 Å². The van der Waals surface area contributed by atoms with E-state index in [1.807, 2.05) is 16.7 Å². The number of fused-ring (bicyclic) bond motifs is 4. The van der Waals surface area contributed by atoms with Gasteiger partial charge in [0, 0.05) is 35.2 Å². The van der Waals surface area contributed by atoms with Gasteiger partial charge >= 0.3 is 6.09 Å². The van der Waals surface area contributed by atoms with Crippen molar-refractivity contribution in [2.24, 2.45) is 0 Å². The third-order valence-electron chi connectivity index (χ3n) is 5.33. The molecule has 1 aromatic heterocycles. The van der Waals surface area contributed by atoms with Crippen LogP contribution in [0.3, 0.4) is 0 Å². The third-order valence-corrected chi connectivity index (χ3v) is 5.33. The summed E-state index contributed by atoms with van der Waals surface area (Å²) in [4.78, 5) is 37.5. The summed E-state index contributed by atoms with van der Waals surface area (Å²) in [5.41, 5.74) is 2.71. The number of ether oxygens (including phenoxy) is 1. The minimum Gasteiger partial charge on any atom is -0.490 e. The largest absolute Gasteiger partial charge is 0.490 e. The van der Waals surface area contributed by atoms with Gasteiger partial charge in [0.15, 0.2) is 0 Å². The second-order valence-electron chi connectivity index (χ2n) is 7.13. The summed E-state index contributed by atoms with van der Waals surface area (Å²) in [7, 11) is 0. The molecule has 30 heavy (non-hydrogen) atoms. The van der Waals surface area contributed by atoms with Crippen molar-refractivity contribution < 1.29 is 24.2 Å². The summed E-state index contributed by atoms with van der Waals surface area (Å²) in [6.45, 7) is 1.70. The minimum atomic E-state index is -1.07. The number of hydrogen-bond acceptors (Lipinski definition) is 4. The number of nitrogens with one attached hydrogen (secondary N) is 2. The Hall–Kier alpha value is -4.01. The number of anilines is 2. The second-order valence-corrected chi connectivity index (χ2v) is 7.13. The molecule has 0 aliphatic carbocycles. The molecular formula is C21H18N4O5. The van der Waals surface area contributed by atoms with E-state index in [-0.39, 0.29) is 25.0 Å². The van der Waals surface area contributed by atoms with Gasteiger partial charge in [-0.05, 0) is 36.4 Å². The minimum absolute atomic E-state index is 0.122. The van der Waals surface area contributed by atoms with E-state index in [2.05, 4.69) is 10.6 Å². The van der Waals surface area contributed by atoms with Crippen LogP contribution >= 0.6 is 0 Å². The Balaban J connectivity index is 1.44. The zero-order valence-corrected chi connectivity index (χ0v) is 15.8. The van der Waals surface area contributed by atoms with Crippen LogP contribution in [0.25, 0.3) is 10.9 Å². The number of aromatic nitrogens is 1. The molecule has 2 aliphatic rings. The normalized spacial score (nSPS) is 15.1. The predicted molar refractivity (Wildman–Crippen MR) is 110 cm³/mol. The van der Waals surface area contributed by atoms with Crippen molar-refractivity contribution in [2.75, 3.05) is 29.9 Å². The number of benzene rings is 2. The molecule has 9 nitrogen and oxygen atoms in total. The van der Waals surface area contributed by atoms with Gasteiger partial charge in [-0.1, -0.05) is 6.07 Å². The fourth-order valence-electron chi connectivity index (χ4n) is 3.89. The van der Waals surface area contributed by atoms with E-state index in [4.69, 9.17) is 4.74 Å². The first kappa shape index (κ1) is 18.0. The van der Waals surface area contributed by atoms with Crippen LogP contribution in [0.2, 0.25) is 0 Å². The molecule has 9 heteroatoms. The summed E-state index contributed by atoms with van der Waals surface area (Å²) in [6, 6.07) is 12.0. The van der Waals surface area contributed by atoms with E-state index < -0.39 is 6.09 Å². The Labute approximate surface area is 170 Å². The fraction of sp³-hybridized carbons (Fsp3) is 0.190. The smallest absolute Gasteiger partial charge is 0.412 e. The van der Waals surface area contributed by atoms with Crippen LogP contribution in [-0.2, 0) is 6.54 Å². The Kier molecular flexibility index (Phi) is 4.09. The Morgan fingerprint density at radius 2 is 1.97 bits per heavy atom. The Morgan fingerprint density at radius 3 is 2.80 bits per heavy atom. The van der Waals surface area contributed by atoms with Gasteiger partial charge in [0.1, 0.15) is 18.1 Å². The third kappa shape index (κ3) is 2.91. The fourth-order valence-corrected chi connectivity index (χ4v) is 3.89. The number of amides is 3. The lowest BCUT2D eigenvalue weighted by Gasteiger charge is -2.27. The summed E-state index contributed by atoms with van der Waals surface area (Å²) >= 11 is 0. The van der Waals surface area contributed by atoms with Crippen LogP contribution in [0, 0.1) is 0 Å². The number of carboxylic acid groups (broad SMARTS) is 1. The maximum atomic E-state index is 12.8. The molecule has 3 amide bonds. The lowest BCUT2D eigenvalue weighted by atomic mass is 10.1. The van der Waals surface area contributed by atoms with Gasteiger partial charge in [0.05, 0.1) is 12.2 Å². The maximum Gasteiger partial charge on any atom is 0.412 e. The van der Waals surface area contributed by atoms with E-state index in [1.165, 1.54) is 4.90 Å². The van der Waals surface area contributed by atoms with Crippen molar-refractivity contribution in [1.29, 1.82) is 0 Å². The molecule has 152 valence electrons. The van der Waals surface area contributed by atoms with Crippen molar-refractivity contribution in [3.8, 4) is 5.75 Å². The number of nitrogens with zero attached hydrogens (tertiary/aromatic N) is 2. The molecule has 0 saturated carbocycles. The van der Waals surface area contributed by atoms with Gasteiger partial charge in [0.2, 0.25) is 0 Å². The lowest BCUT2D eigenvalue weighted by molar-refractivity contribution is 0.0928. The highest BCUT2D eigenvalue weighted by Gasteiger charge is 2.24. The van der Waals surface area contributed by atoms with Gasteiger partial charge in [-0.2, -0.15) is 0 Å². The molecule has 0 atom stereocenters. The molecule has 0 bridgehead atoms. The average molecular weight is 406 g/mol. The molecule has 2 aliphatic heterocycles. The molecule has 0 unspecified atom stereocenters. The van der Waals surface area contributed by atoms with E-state index in [1.54, 1.807) is 30.3 Å². The molecule has 0 radical (unpaired) electrons. The summed E-state index contributed by atoms with van der Waals surface area (Å²) in [5.74, 6) is 0.00939. The molecule has 3 N–H and O–H groups in total. The van der Waals surface area contributed by atoms with Crippen molar-refractivity contribution in [2.45, 2.75) is 6.54 Å². The highest BCUT2D eigenvalue weighted by Crippen LogP contribution is 2.34. The molecule has 3 aromatic rings. The predicted octanol–water partition coefficient (Wildman–Crippen LogP) is 2.51. The SMILES string of the molecule is O=C(Nc1ccc2c(c1)N(C(=O)O)CCO2)c1ccc2cc3n(c2c1)CCNC3=O. The topological polar surface area (TPSA) is 113 Å². The summed E-state index contributed by atoms with van der Waals surface area (Å²) < 4.78 is 7.40. The van der Waals surface area contributed by atoms with Gasteiger partial charge in [0.25, 0.3) is 11.8 Å². The van der Waals surface area contributed by atoms with E-state index in [9.17, 15) is 19.5 Å². The molecule has 5 rings (SSSR count). The first-order valence-electron chi connectivity index (χ1n) is 9.51. The van der Waals surface area contributed by atoms with Crippen molar-refractivity contribution in [3.63, 3.8) is 0 Å². The first-order valence-corrected chi connectivity index (χ1v) is 9.51. The standard InChI is InChI=1S/C21H18N4O5/c26-19(23-14-3-4-18-16(11-14)25(21(28)29)7-8-30-18)13-2-1-12-9-17-20(27)22-5-6-24(17)15(12)10-13/h1-4,9-11H,5-8H2,(H,22,27)(H,23,26)(H,28,29). The summed E-state index contributed by atoms with van der Waals surface area (Å²) in [6.07, 6.45) is -1.07. The highest BCUT2D eigenvalue weighted by atomic mass is 16.5. The molecule has 0 spiro atoms. The average Bonchev–Trinajstić information content (AvgIpc) is 3.12. The number of carbonyl (C=O) groups excluding carboxylic acids is 2. The maximum absolute atomic E-state index is 12.8. The van der Waals surface area contributed by atoms with Crippen LogP contribution in [0.15, 0.2) is 42.5 Å². The molecule has 3 heterocycles.